The summed E-state index contributed by atoms with van der Waals surface area (Å²) in [4.78, 5) is 24.6. The number of hydrogen-bond donors (Lipinski definition) is 1. The number of nitriles is 1. The molecule has 0 saturated heterocycles. The molecular formula is C24H20N2O4. The maximum absolute atomic E-state index is 12.3. The van der Waals surface area contributed by atoms with Crippen molar-refractivity contribution < 1.29 is 19.1 Å². The van der Waals surface area contributed by atoms with E-state index in [2.05, 4.69) is 5.32 Å². The fourth-order valence-corrected chi connectivity index (χ4v) is 2.62. The predicted octanol–water partition coefficient (Wildman–Crippen LogP) is 4.32. The van der Waals surface area contributed by atoms with Crippen LogP contribution in [0.1, 0.15) is 28.4 Å². The Balaban J connectivity index is 1.53. The van der Waals surface area contributed by atoms with E-state index in [1.807, 2.05) is 36.4 Å². The van der Waals surface area contributed by atoms with Gasteiger partial charge in [0.05, 0.1) is 17.2 Å². The predicted molar refractivity (Wildman–Crippen MR) is 112 cm³/mol. The van der Waals surface area contributed by atoms with Gasteiger partial charge in [0.15, 0.2) is 6.10 Å². The molecule has 0 aliphatic rings. The number of hydrogen-bond acceptors (Lipinski definition) is 5. The van der Waals surface area contributed by atoms with Crippen LogP contribution in [0.15, 0.2) is 78.9 Å². The minimum atomic E-state index is -1.00. The van der Waals surface area contributed by atoms with Crippen LogP contribution in [0.5, 0.6) is 5.75 Å². The second-order valence-electron chi connectivity index (χ2n) is 6.53. The van der Waals surface area contributed by atoms with Crippen LogP contribution in [0.3, 0.4) is 0 Å². The molecule has 1 N–H and O–H groups in total. The summed E-state index contributed by atoms with van der Waals surface area (Å²) < 4.78 is 10.9. The third-order valence-electron chi connectivity index (χ3n) is 4.25. The molecule has 6 nitrogen and oxygen atoms in total. The highest BCUT2D eigenvalue weighted by Crippen LogP contribution is 2.16. The highest BCUT2D eigenvalue weighted by Gasteiger charge is 2.19. The second kappa shape index (κ2) is 9.89. The molecule has 0 unspecified atom stereocenters. The normalized spacial score (nSPS) is 11.1. The molecule has 3 aromatic rings. The summed E-state index contributed by atoms with van der Waals surface area (Å²) in [6.07, 6.45) is -1.00. The number of carbonyl (C=O) groups is 2. The zero-order chi connectivity index (χ0) is 21.3. The largest absolute Gasteiger partial charge is 0.489 e. The van der Waals surface area contributed by atoms with Crippen molar-refractivity contribution in [1.29, 1.82) is 5.26 Å². The standard InChI is InChI=1S/C24H20N2O4/c1-17(23(27)26-21-9-5-8-19(14-21)15-25)30-24(28)20-10-12-22(13-11-20)29-16-18-6-3-2-4-7-18/h2-14,17H,16H2,1H3,(H,26,27)/t17-/m1/s1. The summed E-state index contributed by atoms with van der Waals surface area (Å²) in [5, 5.41) is 11.5. The van der Waals surface area contributed by atoms with Gasteiger partial charge in [0, 0.05) is 5.69 Å². The quantitative estimate of drug-likeness (QED) is 0.597. The van der Waals surface area contributed by atoms with Crippen LogP contribution in [-0.2, 0) is 16.1 Å². The number of ether oxygens (including phenoxy) is 2. The smallest absolute Gasteiger partial charge is 0.338 e. The highest BCUT2D eigenvalue weighted by atomic mass is 16.5. The van der Waals surface area contributed by atoms with Crippen molar-refractivity contribution in [3.63, 3.8) is 0 Å². The Morgan fingerprint density at radius 1 is 1.00 bits per heavy atom. The average Bonchev–Trinajstić information content (AvgIpc) is 2.78. The summed E-state index contributed by atoms with van der Waals surface area (Å²) in [6, 6.07) is 24.8. The van der Waals surface area contributed by atoms with E-state index >= 15 is 0 Å². The van der Waals surface area contributed by atoms with Gasteiger partial charge in [-0.3, -0.25) is 4.79 Å². The van der Waals surface area contributed by atoms with Gasteiger partial charge in [-0.1, -0.05) is 36.4 Å². The Morgan fingerprint density at radius 2 is 1.73 bits per heavy atom. The lowest BCUT2D eigenvalue weighted by Crippen LogP contribution is -2.30. The summed E-state index contributed by atoms with van der Waals surface area (Å²) >= 11 is 0. The molecule has 0 heterocycles. The molecule has 150 valence electrons. The molecule has 0 aliphatic carbocycles. The first-order chi connectivity index (χ1) is 14.5. The number of rotatable bonds is 7. The van der Waals surface area contributed by atoms with E-state index in [1.165, 1.54) is 6.92 Å². The molecule has 3 rings (SSSR count). The van der Waals surface area contributed by atoms with Gasteiger partial charge >= 0.3 is 5.97 Å². The molecule has 1 amide bonds. The van der Waals surface area contributed by atoms with Gasteiger partial charge in [0.2, 0.25) is 0 Å². The number of nitrogens with one attached hydrogen (secondary N) is 1. The summed E-state index contributed by atoms with van der Waals surface area (Å²) in [7, 11) is 0. The van der Waals surface area contributed by atoms with Crippen molar-refractivity contribution in [2.75, 3.05) is 5.32 Å². The SMILES string of the molecule is C[C@@H](OC(=O)c1ccc(OCc2ccccc2)cc1)C(=O)Nc1cccc(C#N)c1. The van der Waals surface area contributed by atoms with Crippen molar-refractivity contribution in [3.05, 3.63) is 95.6 Å². The van der Waals surface area contributed by atoms with E-state index in [9.17, 15) is 9.59 Å². The van der Waals surface area contributed by atoms with Crippen molar-refractivity contribution in [1.82, 2.24) is 0 Å². The Kier molecular flexibility index (Phi) is 6.80. The van der Waals surface area contributed by atoms with Gasteiger partial charge in [0.25, 0.3) is 5.91 Å². The Hall–Kier alpha value is -4.11. The van der Waals surface area contributed by atoms with Crippen molar-refractivity contribution in [3.8, 4) is 11.8 Å². The lowest BCUT2D eigenvalue weighted by molar-refractivity contribution is -0.123. The van der Waals surface area contributed by atoms with Crippen LogP contribution < -0.4 is 10.1 Å². The molecule has 0 saturated carbocycles. The summed E-state index contributed by atoms with van der Waals surface area (Å²) in [5.74, 6) is -0.474. The molecule has 0 bridgehead atoms. The molecule has 0 aromatic heterocycles. The molecule has 30 heavy (non-hydrogen) atoms. The zero-order valence-electron chi connectivity index (χ0n) is 16.4. The van der Waals surface area contributed by atoms with Gasteiger partial charge in [-0.2, -0.15) is 5.26 Å². The Morgan fingerprint density at radius 3 is 2.43 bits per heavy atom. The van der Waals surface area contributed by atoms with Gasteiger partial charge in [0.1, 0.15) is 12.4 Å². The van der Waals surface area contributed by atoms with E-state index in [4.69, 9.17) is 14.7 Å². The van der Waals surface area contributed by atoms with Crippen molar-refractivity contribution in [2.24, 2.45) is 0 Å². The number of nitrogens with zero attached hydrogens (tertiary/aromatic N) is 1. The van der Waals surface area contributed by atoms with E-state index in [-0.39, 0.29) is 0 Å². The van der Waals surface area contributed by atoms with Crippen LogP contribution in [0.2, 0.25) is 0 Å². The van der Waals surface area contributed by atoms with Gasteiger partial charge in [-0.25, -0.2) is 4.79 Å². The molecule has 1 atom stereocenters. The molecule has 0 radical (unpaired) electrons. The molecular weight excluding hydrogens is 380 g/mol. The summed E-state index contributed by atoms with van der Waals surface area (Å²) in [6.45, 7) is 1.91. The fourth-order valence-electron chi connectivity index (χ4n) is 2.62. The van der Waals surface area contributed by atoms with Crippen LogP contribution in [0.25, 0.3) is 0 Å². The molecule has 0 fully saturated rings. The highest BCUT2D eigenvalue weighted by molar-refractivity contribution is 5.97. The first kappa shape index (κ1) is 20.6. The Labute approximate surface area is 174 Å². The molecule has 6 heteroatoms. The Bertz CT molecular complexity index is 1060. The van der Waals surface area contributed by atoms with Crippen LogP contribution in [0.4, 0.5) is 5.69 Å². The molecule has 0 spiro atoms. The number of anilines is 1. The zero-order valence-corrected chi connectivity index (χ0v) is 16.4. The van der Waals surface area contributed by atoms with E-state index in [1.54, 1.807) is 48.5 Å². The summed E-state index contributed by atoms with van der Waals surface area (Å²) in [5.41, 5.74) is 2.24. The minimum Gasteiger partial charge on any atom is -0.489 e. The first-order valence-electron chi connectivity index (χ1n) is 9.34. The van der Waals surface area contributed by atoms with Crippen LogP contribution in [-0.4, -0.2) is 18.0 Å². The van der Waals surface area contributed by atoms with E-state index in [0.29, 0.717) is 29.2 Å². The van der Waals surface area contributed by atoms with Crippen molar-refractivity contribution in [2.45, 2.75) is 19.6 Å². The fraction of sp³-hybridized carbons (Fsp3) is 0.125. The van der Waals surface area contributed by atoms with Gasteiger partial charge in [-0.15, -0.1) is 0 Å². The lowest BCUT2D eigenvalue weighted by Gasteiger charge is -2.14. The molecule has 3 aromatic carbocycles. The van der Waals surface area contributed by atoms with E-state index < -0.39 is 18.0 Å². The first-order valence-corrected chi connectivity index (χ1v) is 9.34. The topological polar surface area (TPSA) is 88.4 Å². The number of benzene rings is 3. The number of esters is 1. The maximum Gasteiger partial charge on any atom is 0.338 e. The monoisotopic (exact) mass is 400 g/mol. The third kappa shape index (κ3) is 5.69. The van der Waals surface area contributed by atoms with Crippen LogP contribution in [0, 0.1) is 11.3 Å². The van der Waals surface area contributed by atoms with Crippen LogP contribution >= 0.6 is 0 Å². The van der Waals surface area contributed by atoms with E-state index in [0.717, 1.165) is 5.56 Å². The van der Waals surface area contributed by atoms with Gasteiger partial charge in [-0.05, 0) is 55.0 Å². The average molecular weight is 400 g/mol. The maximum atomic E-state index is 12.3. The van der Waals surface area contributed by atoms with Crippen molar-refractivity contribution >= 4 is 17.6 Å². The number of amides is 1. The number of carbonyl (C=O) groups excluding carboxylic acids is 2. The second-order valence-corrected chi connectivity index (χ2v) is 6.53. The lowest BCUT2D eigenvalue weighted by atomic mass is 10.2. The van der Waals surface area contributed by atoms with Gasteiger partial charge < -0.3 is 14.8 Å². The minimum absolute atomic E-state index is 0.313. The third-order valence-corrected chi connectivity index (χ3v) is 4.25. The molecule has 0 aliphatic heterocycles.